The largest absolute Gasteiger partial charge is 0.380 e. The van der Waals surface area contributed by atoms with Gasteiger partial charge in [-0.3, -0.25) is 10.00 Å². The second-order valence-corrected chi connectivity index (χ2v) is 6.01. The van der Waals surface area contributed by atoms with Crippen LogP contribution in [0.25, 0.3) is 10.2 Å². The van der Waals surface area contributed by atoms with E-state index in [0.29, 0.717) is 17.4 Å². The van der Waals surface area contributed by atoms with Gasteiger partial charge in [0.15, 0.2) is 5.13 Å². The lowest BCUT2D eigenvalue weighted by molar-refractivity contribution is 0.186. The van der Waals surface area contributed by atoms with Crippen LogP contribution in [-0.4, -0.2) is 34.6 Å². The summed E-state index contributed by atoms with van der Waals surface area (Å²) in [5, 5.41) is 9.76. The van der Waals surface area contributed by atoms with Crippen LogP contribution in [0.4, 0.5) is 20.0 Å². The van der Waals surface area contributed by atoms with E-state index in [2.05, 4.69) is 20.7 Å². The number of aryl methyl sites for hydroxylation is 1. The van der Waals surface area contributed by atoms with E-state index in [1.54, 1.807) is 13.3 Å². The first-order chi connectivity index (χ1) is 11.7. The van der Waals surface area contributed by atoms with Crippen molar-refractivity contribution in [2.75, 3.05) is 24.4 Å². The summed E-state index contributed by atoms with van der Waals surface area (Å²) in [5.41, 5.74) is 2.27. The number of aromatic nitrogens is 3. The first-order valence-electron chi connectivity index (χ1n) is 7.23. The minimum absolute atomic E-state index is 0.156. The number of ether oxygens (including phenoxy) is 1. The van der Waals surface area contributed by atoms with Gasteiger partial charge in [-0.25, -0.2) is 14.2 Å². The predicted octanol–water partition coefficient (Wildman–Crippen LogP) is 3.25. The van der Waals surface area contributed by atoms with E-state index in [1.807, 2.05) is 18.2 Å². The molecule has 3 rings (SSSR count). The molecule has 0 aliphatic carbocycles. The van der Waals surface area contributed by atoms with Crippen LogP contribution in [-0.2, 0) is 17.9 Å². The number of fused-ring (bicyclic) bond motifs is 1. The SMILES string of the molecule is COCc1cccc2sc(NC(=O)Nc3cnn(CCF)c3)nc12. The molecule has 2 aromatic heterocycles. The molecule has 126 valence electrons. The highest BCUT2D eigenvalue weighted by molar-refractivity contribution is 7.22. The number of thiazole rings is 1. The fourth-order valence-electron chi connectivity index (χ4n) is 2.23. The summed E-state index contributed by atoms with van der Waals surface area (Å²) in [7, 11) is 1.63. The number of halogens is 1. The second-order valence-electron chi connectivity index (χ2n) is 4.98. The van der Waals surface area contributed by atoms with Crippen LogP contribution in [0.1, 0.15) is 5.56 Å². The Labute approximate surface area is 141 Å². The fourth-order valence-corrected chi connectivity index (χ4v) is 3.14. The number of carbonyl (C=O) groups is 1. The van der Waals surface area contributed by atoms with Gasteiger partial charge in [-0.1, -0.05) is 23.5 Å². The Morgan fingerprint density at radius 3 is 3.08 bits per heavy atom. The second kappa shape index (κ2) is 7.37. The van der Waals surface area contributed by atoms with Crippen LogP contribution >= 0.6 is 11.3 Å². The lowest BCUT2D eigenvalue weighted by Gasteiger charge is -2.02. The number of hydrogen-bond acceptors (Lipinski definition) is 5. The zero-order valence-electron chi connectivity index (χ0n) is 13.0. The molecule has 0 bridgehead atoms. The van der Waals surface area contributed by atoms with Gasteiger partial charge in [0.1, 0.15) is 6.67 Å². The normalized spacial score (nSPS) is 10.9. The molecule has 0 saturated carbocycles. The highest BCUT2D eigenvalue weighted by atomic mass is 32.1. The zero-order valence-corrected chi connectivity index (χ0v) is 13.8. The maximum absolute atomic E-state index is 12.3. The van der Waals surface area contributed by atoms with Crippen molar-refractivity contribution in [3.05, 3.63) is 36.2 Å². The van der Waals surface area contributed by atoms with E-state index < -0.39 is 12.7 Å². The van der Waals surface area contributed by atoms with Crippen molar-refractivity contribution in [2.45, 2.75) is 13.2 Å². The van der Waals surface area contributed by atoms with Crippen LogP contribution in [0.15, 0.2) is 30.6 Å². The number of anilines is 2. The summed E-state index contributed by atoms with van der Waals surface area (Å²) in [6, 6.07) is 5.38. The molecule has 9 heteroatoms. The standard InChI is InChI=1S/C15H16FN5O2S/c1-23-9-10-3-2-4-12-13(10)19-15(24-12)20-14(22)18-11-7-17-21(8-11)6-5-16/h2-4,7-8H,5-6,9H2,1H3,(H2,18,19,20,22). The van der Waals surface area contributed by atoms with E-state index in [0.717, 1.165) is 15.8 Å². The average molecular weight is 349 g/mol. The molecule has 0 spiro atoms. The monoisotopic (exact) mass is 349 g/mol. The number of methoxy groups -OCH3 is 1. The highest BCUT2D eigenvalue weighted by Gasteiger charge is 2.11. The predicted molar refractivity (Wildman–Crippen MR) is 91.2 cm³/mol. The molecule has 0 saturated heterocycles. The summed E-state index contributed by atoms with van der Waals surface area (Å²) in [6.45, 7) is 0.104. The molecule has 7 nitrogen and oxygen atoms in total. The molecule has 3 aromatic rings. The Balaban J connectivity index is 1.69. The Morgan fingerprint density at radius 2 is 2.29 bits per heavy atom. The molecule has 24 heavy (non-hydrogen) atoms. The molecular weight excluding hydrogens is 333 g/mol. The van der Waals surface area contributed by atoms with Crippen LogP contribution < -0.4 is 10.6 Å². The molecule has 0 aliphatic heterocycles. The molecule has 0 atom stereocenters. The minimum atomic E-state index is -0.511. The summed E-state index contributed by atoms with van der Waals surface area (Å²) in [4.78, 5) is 16.5. The number of para-hydroxylation sites is 1. The zero-order chi connectivity index (χ0) is 16.9. The summed E-state index contributed by atoms with van der Waals surface area (Å²) < 4.78 is 19.8. The van der Waals surface area contributed by atoms with Gasteiger partial charge in [0.25, 0.3) is 0 Å². The number of rotatable bonds is 6. The Bertz CT molecular complexity index is 847. The fraction of sp³-hybridized carbons (Fsp3) is 0.267. The Hall–Kier alpha value is -2.52. The van der Waals surface area contributed by atoms with Gasteiger partial charge >= 0.3 is 6.03 Å². The van der Waals surface area contributed by atoms with Gasteiger partial charge in [0.2, 0.25) is 0 Å². The molecule has 1 aromatic carbocycles. The van der Waals surface area contributed by atoms with Crippen molar-refractivity contribution in [2.24, 2.45) is 0 Å². The Morgan fingerprint density at radius 1 is 1.42 bits per heavy atom. The van der Waals surface area contributed by atoms with Crippen molar-refractivity contribution >= 4 is 38.4 Å². The molecule has 2 amide bonds. The van der Waals surface area contributed by atoms with Crippen molar-refractivity contribution in [3.63, 3.8) is 0 Å². The van der Waals surface area contributed by atoms with Crippen molar-refractivity contribution in [1.29, 1.82) is 0 Å². The maximum Gasteiger partial charge on any atom is 0.325 e. The summed E-state index contributed by atoms with van der Waals surface area (Å²) in [5.74, 6) is 0. The number of nitrogens with one attached hydrogen (secondary N) is 2. The van der Waals surface area contributed by atoms with Crippen molar-refractivity contribution < 1.29 is 13.9 Å². The van der Waals surface area contributed by atoms with Gasteiger partial charge in [-0.15, -0.1) is 0 Å². The number of benzene rings is 1. The quantitative estimate of drug-likeness (QED) is 0.716. The molecular formula is C15H16FN5O2S. The number of carbonyl (C=O) groups excluding carboxylic acids is 1. The molecule has 0 radical (unpaired) electrons. The molecule has 2 heterocycles. The number of urea groups is 1. The maximum atomic E-state index is 12.3. The molecule has 2 N–H and O–H groups in total. The third-order valence-corrected chi connectivity index (χ3v) is 4.16. The topological polar surface area (TPSA) is 81.1 Å². The lowest BCUT2D eigenvalue weighted by atomic mass is 10.2. The van der Waals surface area contributed by atoms with Crippen LogP contribution in [0.3, 0.4) is 0 Å². The third kappa shape index (κ3) is 3.69. The first kappa shape index (κ1) is 16.3. The van der Waals surface area contributed by atoms with E-state index >= 15 is 0 Å². The van der Waals surface area contributed by atoms with Gasteiger partial charge in [-0.2, -0.15) is 5.10 Å². The van der Waals surface area contributed by atoms with Crippen molar-refractivity contribution in [3.8, 4) is 0 Å². The third-order valence-electron chi connectivity index (χ3n) is 3.23. The number of alkyl halides is 1. The van der Waals surface area contributed by atoms with E-state index in [9.17, 15) is 9.18 Å². The van der Waals surface area contributed by atoms with Crippen LogP contribution in [0.5, 0.6) is 0 Å². The molecule has 0 aliphatic rings. The molecule has 0 fully saturated rings. The van der Waals surface area contributed by atoms with E-state index in [1.165, 1.54) is 22.2 Å². The minimum Gasteiger partial charge on any atom is -0.380 e. The van der Waals surface area contributed by atoms with Crippen molar-refractivity contribution in [1.82, 2.24) is 14.8 Å². The van der Waals surface area contributed by atoms with Crippen LogP contribution in [0, 0.1) is 0 Å². The summed E-state index contributed by atoms with van der Waals surface area (Å²) >= 11 is 1.38. The number of hydrogen-bond donors (Lipinski definition) is 2. The van der Waals surface area contributed by atoms with Gasteiger partial charge in [0.05, 0.1) is 35.3 Å². The lowest BCUT2D eigenvalue weighted by Crippen LogP contribution is -2.18. The number of amides is 2. The number of nitrogens with zero attached hydrogens (tertiary/aromatic N) is 3. The summed E-state index contributed by atoms with van der Waals surface area (Å²) in [6.07, 6.45) is 3.03. The first-order valence-corrected chi connectivity index (χ1v) is 8.05. The van der Waals surface area contributed by atoms with Crippen LogP contribution in [0.2, 0.25) is 0 Å². The van der Waals surface area contributed by atoms with E-state index in [4.69, 9.17) is 4.74 Å². The smallest absolute Gasteiger partial charge is 0.325 e. The average Bonchev–Trinajstić information content (AvgIpc) is 3.15. The molecule has 0 unspecified atom stereocenters. The van der Waals surface area contributed by atoms with Gasteiger partial charge in [-0.05, 0) is 6.07 Å². The van der Waals surface area contributed by atoms with Gasteiger partial charge < -0.3 is 10.1 Å². The van der Waals surface area contributed by atoms with Gasteiger partial charge in [0, 0.05) is 18.9 Å². The Kier molecular flexibility index (Phi) is 5.02. The van der Waals surface area contributed by atoms with E-state index in [-0.39, 0.29) is 6.54 Å². The highest BCUT2D eigenvalue weighted by Crippen LogP contribution is 2.28.